The van der Waals surface area contributed by atoms with Crippen LogP contribution in [0.15, 0.2) is 77.7 Å². The molecule has 2 aromatic carbocycles. The lowest BCUT2D eigenvalue weighted by Crippen LogP contribution is -2.29. The number of carbonyl (C=O) groups excluding carboxylic acids is 1. The van der Waals surface area contributed by atoms with Crippen LogP contribution in [-0.2, 0) is 6.54 Å². The zero-order valence-electron chi connectivity index (χ0n) is 17.5. The Bertz CT molecular complexity index is 1320. The number of carbonyl (C=O) groups is 1. The van der Waals surface area contributed by atoms with Crippen LogP contribution >= 0.6 is 11.3 Å². The number of halogens is 2. The third-order valence-electron chi connectivity index (χ3n) is 4.83. The summed E-state index contributed by atoms with van der Waals surface area (Å²) in [5.41, 5.74) is 1.85. The lowest BCUT2D eigenvalue weighted by atomic mass is 10.1. The van der Waals surface area contributed by atoms with Crippen LogP contribution in [0.5, 0.6) is 5.75 Å². The molecule has 168 valence electrons. The van der Waals surface area contributed by atoms with Gasteiger partial charge in [-0.2, -0.15) is 8.78 Å². The first-order valence-electron chi connectivity index (χ1n) is 9.98. The second-order valence-electron chi connectivity index (χ2n) is 7.12. The first kappa shape index (κ1) is 22.3. The molecule has 0 fully saturated rings. The minimum atomic E-state index is -2.89. The molecule has 0 aliphatic heterocycles. The smallest absolute Gasteiger partial charge is 0.387 e. The lowest BCUT2D eigenvalue weighted by Gasteiger charge is -2.08. The summed E-state index contributed by atoms with van der Waals surface area (Å²) in [6.07, 6.45) is 1.64. The number of rotatable bonds is 7. The molecule has 0 radical (unpaired) electrons. The molecule has 0 spiro atoms. The number of benzene rings is 2. The van der Waals surface area contributed by atoms with Crippen LogP contribution in [-0.4, -0.2) is 22.1 Å². The van der Waals surface area contributed by atoms with Crippen LogP contribution in [0.25, 0.3) is 11.3 Å². The van der Waals surface area contributed by atoms with Crippen LogP contribution in [0.4, 0.5) is 13.9 Å². The van der Waals surface area contributed by atoms with Gasteiger partial charge in [0.05, 0.1) is 12.2 Å². The van der Waals surface area contributed by atoms with E-state index in [0.717, 1.165) is 10.4 Å². The second-order valence-corrected chi connectivity index (χ2v) is 8.32. The Morgan fingerprint density at radius 1 is 1.09 bits per heavy atom. The normalized spacial score (nSPS) is 10.9. The summed E-state index contributed by atoms with van der Waals surface area (Å²) < 4.78 is 30.5. The van der Waals surface area contributed by atoms with Crippen molar-refractivity contribution in [3.8, 4) is 17.0 Å². The third kappa shape index (κ3) is 5.32. The number of amides is 1. The summed E-state index contributed by atoms with van der Waals surface area (Å²) in [7, 11) is 0. The minimum Gasteiger partial charge on any atom is -0.435 e. The van der Waals surface area contributed by atoms with Gasteiger partial charge < -0.3 is 9.30 Å². The van der Waals surface area contributed by atoms with E-state index in [4.69, 9.17) is 0 Å². The molecular formula is C24H19F2N3O3S. The van der Waals surface area contributed by atoms with Crippen molar-refractivity contribution in [2.45, 2.75) is 20.1 Å². The molecule has 0 saturated heterocycles. The van der Waals surface area contributed by atoms with Crippen molar-refractivity contribution < 1.29 is 18.3 Å². The molecule has 0 aliphatic carbocycles. The van der Waals surface area contributed by atoms with Gasteiger partial charge in [0.2, 0.25) is 0 Å². The van der Waals surface area contributed by atoms with Crippen molar-refractivity contribution >= 4 is 22.4 Å². The number of hydrogen-bond acceptors (Lipinski definition) is 5. The van der Waals surface area contributed by atoms with Crippen LogP contribution < -0.4 is 15.6 Å². The van der Waals surface area contributed by atoms with Gasteiger partial charge in [0.1, 0.15) is 11.3 Å². The summed E-state index contributed by atoms with van der Waals surface area (Å²) in [5.74, 6) is -0.505. The maximum absolute atomic E-state index is 12.8. The Hall–Kier alpha value is -3.85. The summed E-state index contributed by atoms with van der Waals surface area (Å²) in [4.78, 5) is 30.9. The van der Waals surface area contributed by atoms with E-state index >= 15 is 0 Å². The van der Waals surface area contributed by atoms with E-state index in [2.05, 4.69) is 15.0 Å². The topological polar surface area (TPSA) is 73.2 Å². The molecule has 1 N–H and O–H groups in total. The quantitative estimate of drug-likeness (QED) is 0.406. The molecule has 2 heterocycles. The number of aromatic nitrogens is 2. The highest BCUT2D eigenvalue weighted by Crippen LogP contribution is 2.31. The zero-order chi connectivity index (χ0) is 23.4. The molecule has 0 saturated carbocycles. The van der Waals surface area contributed by atoms with Crippen LogP contribution in [0.1, 0.15) is 20.8 Å². The summed E-state index contributed by atoms with van der Waals surface area (Å²) in [6.45, 7) is -0.706. The van der Waals surface area contributed by atoms with Crippen molar-refractivity contribution in [1.82, 2.24) is 9.55 Å². The Balaban J connectivity index is 1.52. The average Bonchev–Trinajstić information content (AvgIpc) is 3.16. The summed E-state index contributed by atoms with van der Waals surface area (Å²) in [6, 6.07) is 18.7. The highest BCUT2D eigenvalue weighted by molar-refractivity contribution is 7.16. The maximum Gasteiger partial charge on any atom is 0.387 e. The van der Waals surface area contributed by atoms with Gasteiger partial charge in [-0.05, 0) is 48.9 Å². The van der Waals surface area contributed by atoms with Gasteiger partial charge in [-0.15, -0.1) is 11.3 Å². The van der Waals surface area contributed by atoms with E-state index < -0.39 is 18.1 Å². The van der Waals surface area contributed by atoms with Crippen molar-refractivity contribution in [3.05, 3.63) is 99.3 Å². The summed E-state index contributed by atoms with van der Waals surface area (Å²) in [5, 5.41) is 3.02. The van der Waals surface area contributed by atoms with E-state index in [1.54, 1.807) is 24.4 Å². The largest absolute Gasteiger partial charge is 0.435 e. The third-order valence-corrected chi connectivity index (χ3v) is 5.72. The first-order chi connectivity index (χ1) is 15.9. The Morgan fingerprint density at radius 2 is 1.82 bits per heavy atom. The first-order valence-corrected chi connectivity index (χ1v) is 10.8. The molecule has 0 bridgehead atoms. The molecule has 9 heteroatoms. The fourth-order valence-corrected chi connectivity index (χ4v) is 4.12. The van der Waals surface area contributed by atoms with Crippen molar-refractivity contribution in [2.75, 3.05) is 5.32 Å². The van der Waals surface area contributed by atoms with Crippen molar-refractivity contribution in [3.63, 3.8) is 0 Å². The van der Waals surface area contributed by atoms with Crippen molar-refractivity contribution in [1.29, 1.82) is 0 Å². The number of alkyl halides is 2. The fourth-order valence-electron chi connectivity index (χ4n) is 3.29. The van der Waals surface area contributed by atoms with Gasteiger partial charge in [-0.3, -0.25) is 14.9 Å². The molecule has 6 nitrogen and oxygen atoms in total. The molecule has 0 unspecified atom stereocenters. The van der Waals surface area contributed by atoms with Gasteiger partial charge in [0.15, 0.2) is 5.13 Å². The van der Waals surface area contributed by atoms with Crippen LogP contribution in [0.3, 0.4) is 0 Å². The Kier molecular flexibility index (Phi) is 6.60. The molecule has 4 rings (SSSR count). The molecule has 0 aliphatic rings. The van der Waals surface area contributed by atoms with Gasteiger partial charge in [0.25, 0.3) is 11.5 Å². The Morgan fingerprint density at radius 3 is 2.52 bits per heavy atom. The number of anilines is 1. The van der Waals surface area contributed by atoms with Crippen LogP contribution in [0, 0.1) is 6.92 Å². The number of hydrogen-bond donors (Lipinski definition) is 1. The summed E-state index contributed by atoms with van der Waals surface area (Å²) >= 11 is 1.26. The SMILES string of the molecule is Cc1sc(NC(=O)c2cccn(Cc3ccccc3)c2=O)nc1-c1ccc(OC(F)F)cc1. The number of pyridine rings is 1. The fraction of sp³-hybridized carbons (Fsp3) is 0.125. The molecule has 1 amide bonds. The molecule has 2 aromatic heterocycles. The number of nitrogens with zero attached hydrogens (tertiary/aromatic N) is 2. The average molecular weight is 467 g/mol. The van der Waals surface area contributed by atoms with Crippen molar-refractivity contribution in [2.24, 2.45) is 0 Å². The molecule has 4 aromatic rings. The van der Waals surface area contributed by atoms with Gasteiger partial charge >= 0.3 is 6.61 Å². The molecule has 0 atom stereocenters. The Labute approximate surface area is 192 Å². The van der Waals surface area contributed by atoms with E-state index in [0.29, 0.717) is 22.9 Å². The van der Waals surface area contributed by atoms with Gasteiger partial charge in [-0.1, -0.05) is 30.3 Å². The van der Waals surface area contributed by atoms with Gasteiger partial charge in [0, 0.05) is 16.6 Å². The predicted octanol–water partition coefficient (Wildman–Crippen LogP) is 5.18. The van der Waals surface area contributed by atoms with Crippen LogP contribution in [0.2, 0.25) is 0 Å². The van der Waals surface area contributed by atoms with Gasteiger partial charge in [-0.25, -0.2) is 4.98 Å². The van der Waals surface area contributed by atoms with E-state index in [9.17, 15) is 18.4 Å². The number of thiazole rings is 1. The number of nitrogens with one attached hydrogen (secondary N) is 1. The number of aryl methyl sites for hydroxylation is 1. The predicted molar refractivity (Wildman–Crippen MR) is 123 cm³/mol. The van der Waals surface area contributed by atoms with E-state index in [-0.39, 0.29) is 11.3 Å². The van der Waals surface area contributed by atoms with E-state index in [1.807, 2.05) is 37.3 Å². The number of ether oxygens (including phenoxy) is 1. The second kappa shape index (κ2) is 9.74. The molecular weight excluding hydrogens is 448 g/mol. The monoisotopic (exact) mass is 467 g/mol. The maximum atomic E-state index is 12.8. The lowest BCUT2D eigenvalue weighted by molar-refractivity contribution is -0.0498. The molecule has 33 heavy (non-hydrogen) atoms. The standard InChI is InChI=1S/C24H19F2N3O3S/c1-15-20(17-9-11-18(12-10-17)32-23(25)26)27-24(33-15)28-21(30)19-8-5-13-29(22(19)31)14-16-6-3-2-4-7-16/h2-13,23H,14H2,1H3,(H,27,28,30). The minimum absolute atomic E-state index is 0.0105. The highest BCUT2D eigenvalue weighted by Gasteiger charge is 2.17. The zero-order valence-corrected chi connectivity index (χ0v) is 18.3. The highest BCUT2D eigenvalue weighted by atomic mass is 32.1. The van der Waals surface area contributed by atoms with E-state index in [1.165, 1.54) is 34.1 Å².